The van der Waals surface area contributed by atoms with Crippen LogP contribution in [-0.2, 0) is 10.0 Å². The summed E-state index contributed by atoms with van der Waals surface area (Å²) in [5, 5.41) is 0. The van der Waals surface area contributed by atoms with E-state index in [1.165, 1.54) is 11.2 Å². The van der Waals surface area contributed by atoms with E-state index in [2.05, 4.69) is 4.72 Å². The molecule has 1 aromatic rings. The molecule has 0 fully saturated rings. The molecule has 1 unspecified atom stereocenters. The Morgan fingerprint density at radius 1 is 1.27 bits per heavy atom. The summed E-state index contributed by atoms with van der Waals surface area (Å²) in [6, 6.07) is 7.67. The van der Waals surface area contributed by atoms with Crippen LogP contribution in [0.15, 0.2) is 29.2 Å². The third kappa shape index (κ3) is 4.24. The predicted molar refractivity (Wildman–Crippen MR) is 64.6 cm³/mol. The highest BCUT2D eigenvalue weighted by Gasteiger charge is 2.10. The fraction of sp³-hybridized carbons (Fsp3) is 0.400. The van der Waals surface area contributed by atoms with Crippen LogP contribution >= 0.6 is 11.8 Å². The van der Waals surface area contributed by atoms with E-state index in [1.54, 1.807) is 11.8 Å². The second kappa shape index (κ2) is 5.01. The minimum Gasteiger partial charge on any atom is -0.213 e. The van der Waals surface area contributed by atoms with Gasteiger partial charge in [-0.15, -0.1) is 11.8 Å². The van der Waals surface area contributed by atoms with E-state index in [-0.39, 0.29) is 6.04 Å². The number of thioether (sulfide) groups is 1. The Balaban J connectivity index is 2.78. The SMILES string of the molecule is CSc1ccc(C(C)NS(C)(=O)=O)cc1. The Morgan fingerprint density at radius 2 is 1.80 bits per heavy atom. The Hall–Kier alpha value is -0.520. The van der Waals surface area contributed by atoms with Gasteiger partial charge in [-0.3, -0.25) is 0 Å². The van der Waals surface area contributed by atoms with Crippen molar-refractivity contribution in [3.8, 4) is 0 Å². The van der Waals surface area contributed by atoms with Crippen LogP contribution in [0.3, 0.4) is 0 Å². The zero-order valence-corrected chi connectivity index (χ0v) is 10.7. The van der Waals surface area contributed by atoms with E-state index in [1.807, 2.05) is 37.4 Å². The lowest BCUT2D eigenvalue weighted by molar-refractivity contribution is 0.573. The zero-order valence-electron chi connectivity index (χ0n) is 9.02. The molecule has 1 atom stereocenters. The molecule has 0 aromatic heterocycles. The fourth-order valence-electron chi connectivity index (χ4n) is 1.28. The first-order valence-corrected chi connectivity index (χ1v) is 7.65. The Labute approximate surface area is 95.3 Å². The van der Waals surface area contributed by atoms with Crippen LogP contribution in [0.1, 0.15) is 18.5 Å². The molecule has 0 amide bonds. The van der Waals surface area contributed by atoms with Crippen LogP contribution in [0.25, 0.3) is 0 Å². The standard InChI is InChI=1S/C10H15NO2S2/c1-8(11-15(3,12)13)9-4-6-10(14-2)7-5-9/h4-8,11H,1-3H3. The molecule has 5 heteroatoms. The largest absolute Gasteiger partial charge is 0.213 e. The van der Waals surface area contributed by atoms with Crippen molar-refractivity contribution in [1.29, 1.82) is 0 Å². The normalized spacial score (nSPS) is 13.8. The van der Waals surface area contributed by atoms with Crippen molar-refractivity contribution in [3.05, 3.63) is 29.8 Å². The number of hydrogen-bond donors (Lipinski definition) is 1. The molecule has 3 nitrogen and oxygen atoms in total. The number of rotatable bonds is 4. The Bertz CT molecular complexity index is 412. The second-order valence-electron chi connectivity index (χ2n) is 3.38. The van der Waals surface area contributed by atoms with Gasteiger partial charge in [-0.05, 0) is 30.9 Å². The molecule has 84 valence electrons. The molecule has 0 aliphatic rings. The minimum atomic E-state index is -3.14. The van der Waals surface area contributed by atoms with Gasteiger partial charge in [0.2, 0.25) is 10.0 Å². The van der Waals surface area contributed by atoms with Crippen LogP contribution in [0.4, 0.5) is 0 Å². The van der Waals surface area contributed by atoms with E-state index < -0.39 is 10.0 Å². The van der Waals surface area contributed by atoms with E-state index in [9.17, 15) is 8.42 Å². The van der Waals surface area contributed by atoms with Gasteiger partial charge in [-0.1, -0.05) is 12.1 Å². The summed E-state index contributed by atoms with van der Waals surface area (Å²) in [5.41, 5.74) is 0.971. The van der Waals surface area contributed by atoms with Crippen LogP contribution < -0.4 is 4.72 Å². The van der Waals surface area contributed by atoms with Gasteiger partial charge in [0, 0.05) is 10.9 Å². The number of sulfonamides is 1. The van der Waals surface area contributed by atoms with Crippen LogP contribution in [0.5, 0.6) is 0 Å². The van der Waals surface area contributed by atoms with Crippen LogP contribution in [-0.4, -0.2) is 20.9 Å². The van der Waals surface area contributed by atoms with Crippen molar-refractivity contribution in [1.82, 2.24) is 4.72 Å². The zero-order chi connectivity index (χ0) is 11.5. The van der Waals surface area contributed by atoms with E-state index >= 15 is 0 Å². The van der Waals surface area contributed by atoms with E-state index in [4.69, 9.17) is 0 Å². The maximum Gasteiger partial charge on any atom is 0.209 e. The number of hydrogen-bond acceptors (Lipinski definition) is 3. The van der Waals surface area contributed by atoms with Crippen molar-refractivity contribution in [3.63, 3.8) is 0 Å². The molecule has 1 aromatic carbocycles. The smallest absolute Gasteiger partial charge is 0.209 e. The summed E-state index contributed by atoms with van der Waals surface area (Å²) in [6.07, 6.45) is 3.17. The Kier molecular flexibility index (Phi) is 4.19. The first kappa shape index (κ1) is 12.5. The molecule has 15 heavy (non-hydrogen) atoms. The molecule has 0 saturated heterocycles. The van der Waals surface area contributed by atoms with E-state index in [0.29, 0.717) is 0 Å². The molecule has 0 aliphatic heterocycles. The van der Waals surface area contributed by atoms with Gasteiger partial charge >= 0.3 is 0 Å². The average Bonchev–Trinajstić information content (AvgIpc) is 2.15. The number of benzene rings is 1. The topological polar surface area (TPSA) is 46.2 Å². The molecule has 1 rings (SSSR count). The van der Waals surface area contributed by atoms with Gasteiger partial charge in [-0.2, -0.15) is 0 Å². The highest BCUT2D eigenvalue weighted by atomic mass is 32.2. The van der Waals surface area contributed by atoms with Gasteiger partial charge in [0.25, 0.3) is 0 Å². The molecule has 0 bridgehead atoms. The van der Waals surface area contributed by atoms with Gasteiger partial charge in [-0.25, -0.2) is 13.1 Å². The highest BCUT2D eigenvalue weighted by molar-refractivity contribution is 7.98. The third-order valence-corrected chi connectivity index (χ3v) is 3.53. The Morgan fingerprint density at radius 3 is 2.20 bits per heavy atom. The quantitative estimate of drug-likeness (QED) is 0.826. The summed E-state index contributed by atoms with van der Waals surface area (Å²) in [6.45, 7) is 1.83. The highest BCUT2D eigenvalue weighted by Crippen LogP contribution is 2.19. The maximum atomic E-state index is 11.0. The minimum absolute atomic E-state index is 0.184. The van der Waals surface area contributed by atoms with E-state index in [0.717, 1.165) is 5.56 Å². The van der Waals surface area contributed by atoms with Gasteiger partial charge in [0.1, 0.15) is 0 Å². The average molecular weight is 245 g/mol. The van der Waals surface area contributed by atoms with Crippen molar-refractivity contribution in [2.24, 2.45) is 0 Å². The molecule has 0 saturated carbocycles. The summed E-state index contributed by atoms with van der Waals surface area (Å²) in [5.74, 6) is 0. The maximum absolute atomic E-state index is 11.0. The molecule has 0 heterocycles. The fourth-order valence-corrected chi connectivity index (χ4v) is 2.47. The lowest BCUT2D eigenvalue weighted by Crippen LogP contribution is -2.25. The molecular weight excluding hydrogens is 230 g/mol. The predicted octanol–water partition coefficient (Wildman–Crippen LogP) is 2.02. The van der Waals surface area contributed by atoms with Crippen LogP contribution in [0.2, 0.25) is 0 Å². The van der Waals surface area contributed by atoms with Crippen LogP contribution in [0, 0.1) is 0 Å². The molecular formula is C10H15NO2S2. The molecule has 1 N–H and O–H groups in total. The lowest BCUT2D eigenvalue weighted by atomic mass is 10.1. The van der Waals surface area contributed by atoms with Gasteiger partial charge < -0.3 is 0 Å². The summed E-state index contributed by atoms with van der Waals surface area (Å²) in [7, 11) is -3.14. The third-order valence-electron chi connectivity index (χ3n) is 2.01. The summed E-state index contributed by atoms with van der Waals surface area (Å²) < 4.78 is 24.6. The van der Waals surface area contributed by atoms with Gasteiger partial charge in [0.15, 0.2) is 0 Å². The van der Waals surface area contributed by atoms with Crippen molar-refractivity contribution < 1.29 is 8.42 Å². The summed E-state index contributed by atoms with van der Waals surface area (Å²) >= 11 is 1.66. The summed E-state index contributed by atoms with van der Waals surface area (Å²) in [4.78, 5) is 1.17. The van der Waals surface area contributed by atoms with Crippen molar-refractivity contribution in [2.75, 3.05) is 12.5 Å². The van der Waals surface area contributed by atoms with Crippen molar-refractivity contribution in [2.45, 2.75) is 17.9 Å². The van der Waals surface area contributed by atoms with Gasteiger partial charge in [0.05, 0.1) is 6.26 Å². The first-order chi connectivity index (χ1) is 6.92. The van der Waals surface area contributed by atoms with Crippen molar-refractivity contribution >= 4 is 21.8 Å². The molecule has 0 spiro atoms. The lowest BCUT2D eigenvalue weighted by Gasteiger charge is -2.12. The second-order valence-corrected chi connectivity index (χ2v) is 6.04. The first-order valence-electron chi connectivity index (χ1n) is 4.53. The molecule has 0 radical (unpaired) electrons. The number of nitrogens with one attached hydrogen (secondary N) is 1. The molecule has 0 aliphatic carbocycles. The monoisotopic (exact) mass is 245 g/mol.